The summed E-state index contributed by atoms with van der Waals surface area (Å²) in [5.74, 6) is -2.71. The van der Waals surface area contributed by atoms with Gasteiger partial charge in [0.15, 0.2) is 17.5 Å². The molecule has 0 spiro atoms. The zero-order valence-electron chi connectivity index (χ0n) is 20.8. The summed E-state index contributed by atoms with van der Waals surface area (Å²) >= 11 is 1.15. The third-order valence-electron chi connectivity index (χ3n) is 5.58. The number of hydrogen-bond donors (Lipinski definition) is 3. The number of nitrogens with one attached hydrogen (secondary N) is 2. The monoisotopic (exact) mass is 526 g/mol. The standard InChI is InChI=1S/C26H30N4O6S/c1-16(2)24(29-22(32)14-36-21-10-6-8-17-7-4-5-9-18(17)21)25(35)28-19(13-23(33)34)20(31)15-37-26-27-11-12-30(26)3/h4-12,16,19,24H,13-15H2,1-3H3,(H,28,35)(H,29,32)(H,33,34)/t19-,24-/m0/s1. The van der Waals surface area contributed by atoms with Crippen molar-refractivity contribution in [2.24, 2.45) is 13.0 Å². The molecule has 1 heterocycles. The molecule has 196 valence electrons. The van der Waals surface area contributed by atoms with Crippen molar-refractivity contribution in [3.8, 4) is 5.75 Å². The number of fused-ring (bicyclic) bond motifs is 1. The van der Waals surface area contributed by atoms with Gasteiger partial charge in [0.1, 0.15) is 11.8 Å². The summed E-state index contributed by atoms with van der Waals surface area (Å²) in [5, 5.41) is 16.8. The van der Waals surface area contributed by atoms with Crippen LogP contribution in [0.25, 0.3) is 10.8 Å². The average molecular weight is 527 g/mol. The molecule has 0 aliphatic carbocycles. The second-order valence-electron chi connectivity index (χ2n) is 8.79. The molecule has 1 aromatic heterocycles. The Balaban J connectivity index is 1.61. The maximum Gasteiger partial charge on any atom is 0.305 e. The van der Waals surface area contributed by atoms with E-state index in [0.717, 1.165) is 22.5 Å². The number of carbonyl (C=O) groups excluding carboxylic acids is 3. The topological polar surface area (TPSA) is 140 Å². The Kier molecular flexibility index (Phi) is 9.67. The third kappa shape index (κ3) is 7.81. The van der Waals surface area contributed by atoms with Gasteiger partial charge in [-0.25, -0.2) is 4.98 Å². The Morgan fingerprint density at radius 3 is 2.49 bits per heavy atom. The highest BCUT2D eigenvalue weighted by molar-refractivity contribution is 7.99. The van der Waals surface area contributed by atoms with E-state index in [1.165, 1.54) is 0 Å². The molecule has 37 heavy (non-hydrogen) atoms. The molecule has 11 heteroatoms. The fourth-order valence-corrected chi connectivity index (χ4v) is 4.50. The first-order valence-corrected chi connectivity index (χ1v) is 12.7. The van der Waals surface area contributed by atoms with Gasteiger partial charge in [0.25, 0.3) is 5.91 Å². The van der Waals surface area contributed by atoms with E-state index in [-0.39, 0.29) is 18.3 Å². The molecule has 0 radical (unpaired) electrons. The van der Waals surface area contributed by atoms with Crippen LogP contribution in [0.5, 0.6) is 5.75 Å². The summed E-state index contributed by atoms with van der Waals surface area (Å²) in [6, 6.07) is 10.9. The molecule has 0 fully saturated rings. The van der Waals surface area contributed by atoms with Gasteiger partial charge in [-0.15, -0.1) is 0 Å². The van der Waals surface area contributed by atoms with Crippen LogP contribution >= 0.6 is 11.8 Å². The SMILES string of the molecule is CC(C)[C@H](NC(=O)COc1cccc2ccccc12)C(=O)N[C@@H](CC(=O)O)C(=O)CSc1nccn1C. The van der Waals surface area contributed by atoms with Crippen LogP contribution < -0.4 is 15.4 Å². The van der Waals surface area contributed by atoms with E-state index < -0.39 is 42.1 Å². The second-order valence-corrected chi connectivity index (χ2v) is 9.73. The molecule has 2 aromatic carbocycles. The number of aryl methyl sites for hydroxylation is 1. The van der Waals surface area contributed by atoms with Crippen LogP contribution in [0.3, 0.4) is 0 Å². The first kappa shape index (κ1) is 27.7. The number of aliphatic carboxylic acids is 1. The number of ketones is 1. The maximum absolute atomic E-state index is 13.0. The van der Waals surface area contributed by atoms with Gasteiger partial charge in [0, 0.05) is 24.8 Å². The minimum absolute atomic E-state index is 0.0688. The summed E-state index contributed by atoms with van der Waals surface area (Å²) in [6.45, 7) is 3.16. The normalized spacial score (nSPS) is 12.6. The van der Waals surface area contributed by atoms with Gasteiger partial charge in [0.2, 0.25) is 5.91 Å². The van der Waals surface area contributed by atoms with Crippen LogP contribution in [0.4, 0.5) is 0 Å². The molecular formula is C26H30N4O6S. The predicted octanol–water partition coefficient (Wildman–Crippen LogP) is 2.41. The van der Waals surface area contributed by atoms with Gasteiger partial charge in [0.05, 0.1) is 18.2 Å². The maximum atomic E-state index is 13.0. The molecule has 0 bridgehead atoms. The number of rotatable bonds is 13. The number of hydrogen-bond acceptors (Lipinski definition) is 7. The van der Waals surface area contributed by atoms with Crippen molar-refractivity contribution in [3.63, 3.8) is 0 Å². The van der Waals surface area contributed by atoms with E-state index in [2.05, 4.69) is 15.6 Å². The Bertz CT molecular complexity index is 1270. The lowest BCUT2D eigenvalue weighted by molar-refractivity contribution is -0.140. The molecule has 10 nitrogen and oxygen atoms in total. The fourth-order valence-electron chi connectivity index (χ4n) is 3.62. The van der Waals surface area contributed by atoms with Gasteiger partial charge in [-0.1, -0.05) is 62.0 Å². The Hall–Kier alpha value is -3.86. The van der Waals surface area contributed by atoms with E-state index in [1.807, 2.05) is 36.4 Å². The lowest BCUT2D eigenvalue weighted by Crippen LogP contribution is -2.55. The second kappa shape index (κ2) is 12.9. The number of Topliss-reactive ketones (excluding diaryl/α,β-unsaturated/α-hetero) is 1. The molecule has 2 atom stereocenters. The molecule has 0 aliphatic heterocycles. The highest BCUT2D eigenvalue weighted by atomic mass is 32.2. The number of carboxylic acids is 1. The molecule has 3 N–H and O–H groups in total. The van der Waals surface area contributed by atoms with E-state index in [9.17, 15) is 24.3 Å². The Labute approximate surface area is 218 Å². The highest BCUT2D eigenvalue weighted by Crippen LogP contribution is 2.25. The van der Waals surface area contributed by atoms with Crippen LogP contribution in [-0.2, 0) is 26.2 Å². The quantitative estimate of drug-likeness (QED) is 0.289. The minimum atomic E-state index is -1.25. The van der Waals surface area contributed by atoms with E-state index in [1.54, 1.807) is 43.9 Å². The fraction of sp³-hybridized carbons (Fsp3) is 0.346. The van der Waals surface area contributed by atoms with Crippen LogP contribution in [0, 0.1) is 5.92 Å². The van der Waals surface area contributed by atoms with E-state index >= 15 is 0 Å². The lowest BCUT2D eigenvalue weighted by atomic mass is 10.0. The third-order valence-corrected chi connectivity index (χ3v) is 6.66. The highest BCUT2D eigenvalue weighted by Gasteiger charge is 2.30. The Morgan fingerprint density at radius 2 is 1.81 bits per heavy atom. The number of aromatic nitrogens is 2. The lowest BCUT2D eigenvalue weighted by Gasteiger charge is -2.24. The number of ether oxygens (including phenoxy) is 1. The van der Waals surface area contributed by atoms with Crippen LogP contribution in [0.2, 0.25) is 0 Å². The van der Waals surface area contributed by atoms with Crippen molar-refractivity contribution in [1.82, 2.24) is 20.2 Å². The van der Waals surface area contributed by atoms with E-state index in [0.29, 0.717) is 10.9 Å². The predicted molar refractivity (Wildman–Crippen MR) is 139 cm³/mol. The zero-order chi connectivity index (χ0) is 26.9. The van der Waals surface area contributed by atoms with Crippen molar-refractivity contribution in [2.75, 3.05) is 12.4 Å². The summed E-state index contributed by atoms with van der Waals surface area (Å²) in [5.41, 5.74) is 0. The Morgan fingerprint density at radius 1 is 1.08 bits per heavy atom. The number of carbonyl (C=O) groups is 4. The van der Waals surface area contributed by atoms with Crippen LogP contribution in [0.1, 0.15) is 20.3 Å². The first-order valence-electron chi connectivity index (χ1n) is 11.7. The number of imidazole rings is 1. The van der Waals surface area contributed by atoms with Crippen LogP contribution in [-0.4, -0.2) is 62.7 Å². The smallest absolute Gasteiger partial charge is 0.305 e. The van der Waals surface area contributed by atoms with Gasteiger partial charge in [-0.05, 0) is 17.4 Å². The first-order chi connectivity index (χ1) is 17.7. The van der Waals surface area contributed by atoms with Crippen molar-refractivity contribution < 1.29 is 29.0 Å². The van der Waals surface area contributed by atoms with Gasteiger partial charge >= 0.3 is 5.97 Å². The summed E-state index contributed by atoms with van der Waals surface area (Å²) in [6.07, 6.45) is 2.74. The molecule has 3 rings (SSSR count). The molecular weight excluding hydrogens is 496 g/mol. The van der Waals surface area contributed by atoms with Crippen molar-refractivity contribution in [1.29, 1.82) is 0 Å². The number of carboxylic acid groups (broad SMARTS) is 1. The molecule has 0 aliphatic rings. The number of amides is 2. The molecule has 2 amide bonds. The van der Waals surface area contributed by atoms with Crippen molar-refractivity contribution >= 4 is 46.1 Å². The van der Waals surface area contributed by atoms with Gasteiger partial charge in [-0.3, -0.25) is 19.2 Å². The molecule has 0 saturated heterocycles. The number of benzene rings is 2. The summed E-state index contributed by atoms with van der Waals surface area (Å²) in [7, 11) is 1.77. The summed E-state index contributed by atoms with van der Waals surface area (Å²) < 4.78 is 7.43. The molecule has 3 aromatic rings. The molecule has 0 unspecified atom stereocenters. The van der Waals surface area contributed by atoms with Crippen molar-refractivity contribution in [2.45, 2.75) is 37.5 Å². The summed E-state index contributed by atoms with van der Waals surface area (Å²) in [4.78, 5) is 53.9. The van der Waals surface area contributed by atoms with Gasteiger partial charge in [-0.2, -0.15) is 0 Å². The number of nitrogens with zero attached hydrogens (tertiary/aromatic N) is 2. The number of thioether (sulfide) groups is 1. The van der Waals surface area contributed by atoms with E-state index in [4.69, 9.17) is 4.74 Å². The molecule has 0 saturated carbocycles. The van der Waals surface area contributed by atoms with Gasteiger partial charge < -0.3 is 25.0 Å². The van der Waals surface area contributed by atoms with Crippen molar-refractivity contribution in [3.05, 3.63) is 54.9 Å². The van der Waals surface area contributed by atoms with Crippen LogP contribution in [0.15, 0.2) is 60.0 Å². The minimum Gasteiger partial charge on any atom is -0.483 e. The zero-order valence-corrected chi connectivity index (χ0v) is 21.7. The largest absolute Gasteiger partial charge is 0.483 e. The average Bonchev–Trinajstić information content (AvgIpc) is 3.28.